The van der Waals surface area contributed by atoms with Crippen LogP contribution in [-0.2, 0) is 9.59 Å². The summed E-state index contributed by atoms with van der Waals surface area (Å²) >= 11 is 0. The Hall–Kier alpha value is -1.92. The van der Waals surface area contributed by atoms with Gasteiger partial charge < -0.3 is 10.2 Å². The summed E-state index contributed by atoms with van der Waals surface area (Å²) in [5, 5.41) is 5.64. The van der Waals surface area contributed by atoms with Crippen molar-refractivity contribution < 1.29 is 9.59 Å². The number of carbonyl (C=O) groups is 2. The van der Waals surface area contributed by atoms with E-state index in [4.69, 9.17) is 0 Å². The molecule has 2 aliphatic heterocycles. The molecule has 3 rings (SSSR count). The minimum absolute atomic E-state index is 0.164. The average Bonchev–Trinajstić information content (AvgIpc) is 2.57. The lowest BCUT2D eigenvalue weighted by atomic mass is 9.90. The molecule has 2 aliphatic rings. The van der Waals surface area contributed by atoms with Gasteiger partial charge in [-0.05, 0) is 37.7 Å². The van der Waals surface area contributed by atoms with E-state index in [1.54, 1.807) is 0 Å². The second-order valence-electron chi connectivity index (χ2n) is 6.89. The van der Waals surface area contributed by atoms with E-state index in [1.165, 1.54) is 5.69 Å². The van der Waals surface area contributed by atoms with E-state index in [-0.39, 0.29) is 17.7 Å². The van der Waals surface area contributed by atoms with Crippen LogP contribution < -0.4 is 15.5 Å². The first kappa shape index (κ1) is 17.9. The van der Waals surface area contributed by atoms with E-state index in [0.29, 0.717) is 18.9 Å². The van der Waals surface area contributed by atoms with Gasteiger partial charge >= 0.3 is 0 Å². The van der Waals surface area contributed by atoms with Gasteiger partial charge in [0.1, 0.15) is 0 Å². The first-order valence-corrected chi connectivity index (χ1v) is 9.19. The van der Waals surface area contributed by atoms with Gasteiger partial charge in [0.25, 0.3) is 0 Å². The predicted molar refractivity (Wildman–Crippen MR) is 98.7 cm³/mol. The molecule has 0 saturated carbocycles. The van der Waals surface area contributed by atoms with Gasteiger partial charge in [-0.3, -0.25) is 19.8 Å². The molecule has 25 heavy (non-hydrogen) atoms. The molecule has 1 atom stereocenters. The Morgan fingerprint density at radius 2 is 1.96 bits per heavy atom. The van der Waals surface area contributed by atoms with Crippen molar-refractivity contribution in [2.45, 2.75) is 31.7 Å². The number of carbonyl (C=O) groups excluding carboxylic acids is 2. The molecule has 1 aromatic carbocycles. The minimum Gasteiger partial charge on any atom is -0.368 e. The molecule has 1 unspecified atom stereocenters. The number of rotatable bonds is 7. The highest BCUT2D eigenvalue weighted by Gasteiger charge is 2.31. The Bertz CT molecular complexity index is 610. The van der Waals surface area contributed by atoms with Gasteiger partial charge in [-0.25, -0.2) is 0 Å². The van der Waals surface area contributed by atoms with E-state index < -0.39 is 0 Å². The van der Waals surface area contributed by atoms with Crippen LogP contribution in [0.25, 0.3) is 0 Å². The van der Waals surface area contributed by atoms with Crippen LogP contribution >= 0.6 is 0 Å². The maximum atomic E-state index is 12.0. The van der Waals surface area contributed by atoms with E-state index in [9.17, 15) is 9.59 Å². The zero-order chi connectivity index (χ0) is 17.8. The van der Waals surface area contributed by atoms with Crippen LogP contribution in [0.5, 0.6) is 0 Å². The van der Waals surface area contributed by atoms with Crippen molar-refractivity contribution in [2.24, 2.45) is 0 Å². The quantitative estimate of drug-likeness (QED) is 0.721. The number of nitrogens with zero attached hydrogens (tertiary/aromatic N) is 2. The molecule has 2 N–H and O–H groups in total. The normalized spacial score (nSPS) is 21.4. The number of anilines is 1. The maximum Gasteiger partial charge on any atom is 0.234 e. The van der Waals surface area contributed by atoms with Crippen molar-refractivity contribution in [3.05, 3.63) is 29.8 Å². The smallest absolute Gasteiger partial charge is 0.234 e. The maximum absolute atomic E-state index is 12.0. The number of hydrogen-bond donors (Lipinski definition) is 2. The molecule has 0 bridgehead atoms. The summed E-state index contributed by atoms with van der Waals surface area (Å²) in [7, 11) is 1.99. The van der Waals surface area contributed by atoms with Gasteiger partial charge in [0.2, 0.25) is 11.8 Å². The van der Waals surface area contributed by atoms with Crippen LogP contribution in [0.15, 0.2) is 24.3 Å². The Morgan fingerprint density at radius 3 is 2.56 bits per heavy atom. The van der Waals surface area contributed by atoms with Crippen molar-refractivity contribution in [1.29, 1.82) is 0 Å². The van der Waals surface area contributed by atoms with Crippen LogP contribution in [0.3, 0.4) is 0 Å². The van der Waals surface area contributed by atoms with Crippen molar-refractivity contribution >= 4 is 17.5 Å². The lowest BCUT2D eigenvalue weighted by molar-refractivity contribution is -0.134. The highest BCUT2D eigenvalue weighted by Crippen LogP contribution is 2.29. The van der Waals surface area contributed by atoms with Crippen molar-refractivity contribution in [1.82, 2.24) is 15.5 Å². The molecule has 2 saturated heterocycles. The number of hydrogen-bond acceptors (Lipinski definition) is 5. The number of benzene rings is 1. The third-order valence-corrected chi connectivity index (χ3v) is 5.33. The largest absolute Gasteiger partial charge is 0.368 e. The zero-order valence-corrected chi connectivity index (χ0v) is 15.1. The Kier molecular flexibility index (Phi) is 5.71. The van der Waals surface area contributed by atoms with Crippen LogP contribution in [0.4, 0.5) is 5.69 Å². The first-order chi connectivity index (χ1) is 12.1. The van der Waals surface area contributed by atoms with Crippen molar-refractivity contribution in [3.63, 3.8) is 0 Å². The van der Waals surface area contributed by atoms with Crippen LogP contribution in [0.2, 0.25) is 0 Å². The number of piperidine rings is 1. The second kappa shape index (κ2) is 7.97. The second-order valence-corrected chi connectivity index (χ2v) is 6.89. The standard InChI is InChI=1S/C19H28N4O2/c1-3-22(11-10-20-2)16-12-23(13-16)15-6-4-14(5-7-15)17-8-9-18(24)21-19(17)25/h4-7,16-17,20H,3,8-13H2,1-2H3,(H,21,24,25). The van der Waals surface area contributed by atoms with Gasteiger partial charge in [0.05, 0.1) is 5.92 Å². The van der Waals surface area contributed by atoms with Gasteiger partial charge in [-0.15, -0.1) is 0 Å². The van der Waals surface area contributed by atoms with E-state index >= 15 is 0 Å². The van der Waals surface area contributed by atoms with Gasteiger partial charge in [0, 0.05) is 44.3 Å². The molecule has 0 spiro atoms. The number of nitrogens with one attached hydrogen (secondary N) is 2. The number of imide groups is 1. The highest BCUT2D eigenvalue weighted by molar-refractivity contribution is 6.00. The molecule has 136 valence electrons. The van der Waals surface area contributed by atoms with Crippen LogP contribution in [0.1, 0.15) is 31.2 Å². The van der Waals surface area contributed by atoms with E-state index in [2.05, 4.69) is 39.5 Å². The molecule has 2 heterocycles. The molecule has 2 fully saturated rings. The average molecular weight is 344 g/mol. The fourth-order valence-electron chi connectivity index (χ4n) is 3.68. The predicted octanol–water partition coefficient (Wildman–Crippen LogP) is 0.937. The topological polar surface area (TPSA) is 64.7 Å². The number of amides is 2. The van der Waals surface area contributed by atoms with Crippen molar-refractivity contribution in [2.75, 3.05) is 44.7 Å². The summed E-state index contributed by atoms with van der Waals surface area (Å²) in [4.78, 5) is 28.1. The first-order valence-electron chi connectivity index (χ1n) is 9.19. The molecular formula is C19H28N4O2. The SMILES string of the molecule is CCN(CCNC)C1CN(c2ccc(C3CCC(=O)NC3=O)cc2)C1. The number of likely N-dealkylation sites (N-methyl/N-ethyl adjacent to an activating group) is 2. The molecule has 6 heteroatoms. The fraction of sp³-hybridized carbons (Fsp3) is 0.579. The summed E-state index contributed by atoms with van der Waals surface area (Å²) < 4.78 is 0. The third kappa shape index (κ3) is 4.02. The summed E-state index contributed by atoms with van der Waals surface area (Å²) in [6, 6.07) is 8.87. The fourth-order valence-corrected chi connectivity index (χ4v) is 3.68. The third-order valence-electron chi connectivity index (χ3n) is 5.33. The molecule has 0 aromatic heterocycles. The molecule has 2 amide bonds. The monoisotopic (exact) mass is 344 g/mol. The Labute approximate surface area is 149 Å². The minimum atomic E-state index is -0.201. The lowest BCUT2D eigenvalue weighted by Gasteiger charge is -2.46. The Morgan fingerprint density at radius 1 is 1.24 bits per heavy atom. The highest BCUT2D eigenvalue weighted by atomic mass is 16.2. The lowest BCUT2D eigenvalue weighted by Crippen LogP contribution is -2.60. The summed E-state index contributed by atoms with van der Waals surface area (Å²) in [6.45, 7) is 7.50. The van der Waals surface area contributed by atoms with Gasteiger partial charge in [-0.1, -0.05) is 19.1 Å². The summed E-state index contributed by atoms with van der Waals surface area (Å²) in [5.74, 6) is -0.535. The van der Waals surface area contributed by atoms with Gasteiger partial charge in [-0.2, -0.15) is 0 Å². The Balaban J connectivity index is 1.55. The molecule has 6 nitrogen and oxygen atoms in total. The molecule has 1 aromatic rings. The summed E-state index contributed by atoms with van der Waals surface area (Å²) in [5.41, 5.74) is 2.20. The van der Waals surface area contributed by atoms with Gasteiger partial charge in [0.15, 0.2) is 0 Å². The van der Waals surface area contributed by atoms with E-state index in [0.717, 1.165) is 38.3 Å². The van der Waals surface area contributed by atoms with Crippen LogP contribution in [0, 0.1) is 0 Å². The molecule has 0 radical (unpaired) electrons. The van der Waals surface area contributed by atoms with E-state index in [1.807, 2.05) is 19.2 Å². The van der Waals surface area contributed by atoms with Crippen LogP contribution in [-0.4, -0.2) is 62.5 Å². The summed E-state index contributed by atoms with van der Waals surface area (Å²) in [6.07, 6.45) is 1.03. The van der Waals surface area contributed by atoms with Crippen molar-refractivity contribution in [3.8, 4) is 0 Å². The molecule has 0 aliphatic carbocycles. The molecular weight excluding hydrogens is 316 g/mol. The zero-order valence-electron chi connectivity index (χ0n) is 15.1.